The van der Waals surface area contributed by atoms with Crippen molar-refractivity contribution in [1.82, 2.24) is 5.32 Å². The fourth-order valence-corrected chi connectivity index (χ4v) is 2.48. The van der Waals surface area contributed by atoms with E-state index in [-0.39, 0.29) is 5.91 Å². The molecule has 5 nitrogen and oxygen atoms in total. The van der Waals surface area contributed by atoms with Gasteiger partial charge in [0.05, 0.1) is 18.7 Å². The van der Waals surface area contributed by atoms with Gasteiger partial charge in [0, 0.05) is 11.3 Å². The summed E-state index contributed by atoms with van der Waals surface area (Å²) in [6.07, 6.45) is 1.85. The van der Waals surface area contributed by atoms with Crippen LogP contribution in [-0.4, -0.2) is 44.1 Å². The van der Waals surface area contributed by atoms with E-state index in [0.717, 1.165) is 4.47 Å². The van der Waals surface area contributed by atoms with Gasteiger partial charge < -0.3 is 14.8 Å². The fraction of sp³-hybridized carbons (Fsp3) is 0.385. The fourth-order valence-electron chi connectivity index (χ4n) is 1.52. The molecular formula is C13H16BrNO4S. The molecule has 1 atom stereocenters. The first-order chi connectivity index (χ1) is 9.53. The molecule has 0 saturated heterocycles. The van der Waals surface area contributed by atoms with Crippen molar-refractivity contribution in [1.29, 1.82) is 0 Å². The lowest BCUT2D eigenvalue weighted by Gasteiger charge is -2.15. The van der Waals surface area contributed by atoms with Gasteiger partial charge in [0.25, 0.3) is 5.91 Å². The average Bonchev–Trinajstić information content (AvgIpc) is 2.46. The molecule has 1 aromatic carbocycles. The van der Waals surface area contributed by atoms with Crippen LogP contribution >= 0.6 is 27.7 Å². The van der Waals surface area contributed by atoms with Gasteiger partial charge in [0.15, 0.2) is 0 Å². The van der Waals surface area contributed by atoms with E-state index in [9.17, 15) is 9.59 Å². The molecule has 0 spiro atoms. The number of amides is 1. The molecule has 0 radical (unpaired) electrons. The molecule has 1 N–H and O–H groups in total. The number of carbonyl (C=O) groups excluding carboxylic acids is 2. The summed E-state index contributed by atoms with van der Waals surface area (Å²) in [5.74, 6) is 0.195. The summed E-state index contributed by atoms with van der Waals surface area (Å²) in [5.41, 5.74) is 0.417. The van der Waals surface area contributed by atoms with E-state index in [1.54, 1.807) is 18.2 Å². The maximum atomic E-state index is 12.1. The summed E-state index contributed by atoms with van der Waals surface area (Å²) >= 11 is 4.77. The number of methoxy groups -OCH3 is 2. The zero-order valence-corrected chi connectivity index (χ0v) is 13.8. The molecule has 20 heavy (non-hydrogen) atoms. The van der Waals surface area contributed by atoms with E-state index in [1.807, 2.05) is 6.26 Å². The van der Waals surface area contributed by atoms with Crippen LogP contribution in [0.4, 0.5) is 0 Å². The summed E-state index contributed by atoms with van der Waals surface area (Å²) in [5, 5.41) is 2.65. The lowest BCUT2D eigenvalue weighted by molar-refractivity contribution is -0.142. The number of hydrogen-bond acceptors (Lipinski definition) is 5. The third-order valence-corrected chi connectivity index (χ3v) is 3.86. The van der Waals surface area contributed by atoms with Crippen molar-refractivity contribution in [2.75, 3.05) is 26.2 Å². The second kappa shape index (κ2) is 8.16. The molecule has 0 aromatic heterocycles. The molecule has 1 aromatic rings. The van der Waals surface area contributed by atoms with E-state index in [4.69, 9.17) is 4.74 Å². The first-order valence-electron chi connectivity index (χ1n) is 5.74. The van der Waals surface area contributed by atoms with Crippen molar-refractivity contribution in [2.45, 2.75) is 6.04 Å². The Kier molecular flexibility index (Phi) is 6.87. The maximum absolute atomic E-state index is 12.1. The van der Waals surface area contributed by atoms with Gasteiger partial charge in [-0.15, -0.1) is 0 Å². The third-order valence-electron chi connectivity index (χ3n) is 2.54. The molecule has 0 aliphatic heterocycles. The summed E-state index contributed by atoms with van der Waals surface area (Å²) in [4.78, 5) is 23.7. The van der Waals surface area contributed by atoms with Crippen molar-refractivity contribution in [3.63, 3.8) is 0 Å². The minimum atomic E-state index is -0.669. The summed E-state index contributed by atoms with van der Waals surface area (Å²) in [6, 6.07) is 4.30. The van der Waals surface area contributed by atoms with Gasteiger partial charge in [-0.1, -0.05) is 0 Å². The van der Waals surface area contributed by atoms with Gasteiger partial charge in [-0.25, -0.2) is 4.79 Å². The van der Waals surface area contributed by atoms with E-state index in [0.29, 0.717) is 17.1 Å². The lowest BCUT2D eigenvalue weighted by atomic mass is 10.2. The summed E-state index contributed by atoms with van der Waals surface area (Å²) in [6.45, 7) is 0. The molecule has 0 saturated carbocycles. The lowest BCUT2D eigenvalue weighted by Crippen LogP contribution is -2.43. The highest BCUT2D eigenvalue weighted by molar-refractivity contribution is 9.10. The molecule has 0 aliphatic carbocycles. The minimum Gasteiger partial charge on any atom is -0.496 e. The SMILES string of the molecule is COC(=O)[C@H](CSC)NC(=O)c1ccc(Br)c(OC)c1. The highest BCUT2D eigenvalue weighted by Gasteiger charge is 2.21. The van der Waals surface area contributed by atoms with Crippen LogP contribution in [0.15, 0.2) is 22.7 Å². The van der Waals surface area contributed by atoms with Crippen LogP contribution in [0.2, 0.25) is 0 Å². The molecule has 0 aliphatic rings. The van der Waals surface area contributed by atoms with E-state index in [1.165, 1.54) is 26.0 Å². The Labute approximate surface area is 130 Å². The Morgan fingerprint density at radius 1 is 1.40 bits per heavy atom. The number of esters is 1. The molecule has 0 heterocycles. The van der Waals surface area contributed by atoms with Crippen LogP contribution in [0.25, 0.3) is 0 Å². The summed E-state index contributed by atoms with van der Waals surface area (Å²) in [7, 11) is 2.82. The Morgan fingerprint density at radius 3 is 2.65 bits per heavy atom. The van der Waals surface area contributed by atoms with Crippen LogP contribution in [0.5, 0.6) is 5.75 Å². The average molecular weight is 362 g/mol. The van der Waals surface area contributed by atoms with Gasteiger partial charge in [-0.05, 0) is 40.4 Å². The maximum Gasteiger partial charge on any atom is 0.329 e. The Morgan fingerprint density at radius 2 is 2.10 bits per heavy atom. The highest BCUT2D eigenvalue weighted by Crippen LogP contribution is 2.25. The number of thioether (sulfide) groups is 1. The second-order valence-corrected chi connectivity index (χ2v) is 5.62. The van der Waals surface area contributed by atoms with Crippen molar-refractivity contribution in [2.24, 2.45) is 0 Å². The number of hydrogen-bond donors (Lipinski definition) is 1. The first-order valence-corrected chi connectivity index (χ1v) is 7.93. The number of rotatable bonds is 6. The predicted molar refractivity (Wildman–Crippen MR) is 82.3 cm³/mol. The zero-order valence-electron chi connectivity index (χ0n) is 11.4. The topological polar surface area (TPSA) is 64.6 Å². The summed E-state index contributed by atoms with van der Waals surface area (Å²) < 4.78 is 10.6. The van der Waals surface area contributed by atoms with Crippen LogP contribution < -0.4 is 10.1 Å². The molecule has 1 amide bonds. The number of benzene rings is 1. The third kappa shape index (κ3) is 4.42. The Bertz CT molecular complexity index is 495. The van der Waals surface area contributed by atoms with Crippen LogP contribution in [0, 0.1) is 0 Å². The molecular weight excluding hydrogens is 346 g/mol. The Balaban J connectivity index is 2.86. The Hall–Kier alpha value is -1.21. The zero-order chi connectivity index (χ0) is 15.1. The number of carbonyl (C=O) groups is 2. The second-order valence-electron chi connectivity index (χ2n) is 3.85. The van der Waals surface area contributed by atoms with Gasteiger partial charge in [-0.3, -0.25) is 4.79 Å². The standard InChI is InChI=1S/C13H16BrNO4S/c1-18-11-6-8(4-5-9(11)14)12(16)15-10(7-20-3)13(17)19-2/h4-6,10H,7H2,1-3H3,(H,15,16)/t10-/m0/s1. The van der Waals surface area contributed by atoms with Crippen molar-refractivity contribution in [3.8, 4) is 5.75 Å². The largest absolute Gasteiger partial charge is 0.496 e. The molecule has 0 fully saturated rings. The van der Waals surface area contributed by atoms with Gasteiger partial charge in [0.2, 0.25) is 0 Å². The molecule has 110 valence electrons. The predicted octanol–water partition coefficient (Wildman–Crippen LogP) is 2.09. The van der Waals surface area contributed by atoms with Crippen molar-refractivity contribution >= 4 is 39.6 Å². The van der Waals surface area contributed by atoms with Crippen LogP contribution in [0.1, 0.15) is 10.4 Å². The number of halogens is 1. The van der Waals surface area contributed by atoms with Crippen LogP contribution in [-0.2, 0) is 9.53 Å². The molecule has 0 bridgehead atoms. The normalized spacial score (nSPS) is 11.6. The highest BCUT2D eigenvalue weighted by atomic mass is 79.9. The minimum absolute atomic E-state index is 0.347. The van der Waals surface area contributed by atoms with E-state index in [2.05, 4.69) is 26.0 Å². The number of ether oxygens (including phenoxy) is 2. The van der Waals surface area contributed by atoms with Crippen LogP contribution in [0.3, 0.4) is 0 Å². The first kappa shape index (κ1) is 16.8. The number of nitrogens with one attached hydrogen (secondary N) is 1. The monoisotopic (exact) mass is 361 g/mol. The molecule has 0 unspecified atom stereocenters. The van der Waals surface area contributed by atoms with Gasteiger partial charge in [0.1, 0.15) is 11.8 Å². The van der Waals surface area contributed by atoms with Gasteiger partial charge >= 0.3 is 5.97 Å². The van der Waals surface area contributed by atoms with Crippen molar-refractivity contribution in [3.05, 3.63) is 28.2 Å². The quantitative estimate of drug-likeness (QED) is 0.786. The van der Waals surface area contributed by atoms with Crippen molar-refractivity contribution < 1.29 is 19.1 Å². The van der Waals surface area contributed by atoms with E-state index < -0.39 is 12.0 Å². The smallest absolute Gasteiger partial charge is 0.329 e. The van der Waals surface area contributed by atoms with E-state index >= 15 is 0 Å². The molecule has 7 heteroatoms. The van der Waals surface area contributed by atoms with Gasteiger partial charge in [-0.2, -0.15) is 11.8 Å². The molecule has 1 rings (SSSR count).